The zero-order valence-electron chi connectivity index (χ0n) is 31.9. The van der Waals surface area contributed by atoms with Gasteiger partial charge in [0.1, 0.15) is 21.2 Å². The molecule has 0 heterocycles. The van der Waals surface area contributed by atoms with Crippen LogP contribution in [0.4, 0.5) is 39.8 Å². The SMILES string of the molecule is Cc1ccc(N=Nc2c(S(=O)(=O)O)cc3ccc(NC(=O)c4ccc(N=Nc5c(S(=O)(=O)O)cc6cc(N=C(O)c7ccc(N)cc7)ccc6c5O)cc4)cc3c2O)c(C)c1. The predicted octanol–water partition coefficient (Wildman–Crippen LogP) is 9.82. The average Bonchev–Trinajstić information content (AvgIpc) is 3.20. The molecule has 0 aromatic heterocycles. The summed E-state index contributed by atoms with van der Waals surface area (Å²) >= 11 is 0. The molecule has 0 aliphatic rings. The quantitative estimate of drug-likeness (QED) is 0.0223. The Bertz CT molecular complexity index is 3250. The van der Waals surface area contributed by atoms with Crippen LogP contribution in [0, 0.1) is 13.8 Å². The Morgan fingerprint density at radius 1 is 0.607 bits per heavy atom. The van der Waals surface area contributed by atoms with Crippen LogP contribution < -0.4 is 11.1 Å². The third-order valence-electron chi connectivity index (χ3n) is 9.31. The third-order valence-corrected chi connectivity index (χ3v) is 11.0. The van der Waals surface area contributed by atoms with Crippen LogP contribution in [-0.4, -0.2) is 53.1 Å². The van der Waals surface area contributed by atoms with Gasteiger partial charge in [0.05, 0.1) is 17.1 Å². The van der Waals surface area contributed by atoms with Crippen molar-refractivity contribution >= 4 is 93.4 Å². The van der Waals surface area contributed by atoms with Crippen LogP contribution in [-0.2, 0) is 20.2 Å². The number of aliphatic hydroxyl groups excluding tert-OH is 1. The number of aliphatic hydroxyl groups is 1. The molecule has 8 N–H and O–H groups in total. The lowest BCUT2D eigenvalue weighted by Gasteiger charge is -2.11. The van der Waals surface area contributed by atoms with E-state index in [1.165, 1.54) is 60.7 Å². The smallest absolute Gasteiger partial charge is 0.296 e. The number of carbonyl (C=O) groups is 1. The van der Waals surface area contributed by atoms with Crippen molar-refractivity contribution in [2.75, 3.05) is 11.1 Å². The van der Waals surface area contributed by atoms with Gasteiger partial charge in [-0.25, -0.2) is 4.99 Å². The number of nitrogens with two attached hydrogens (primary N) is 1. The minimum absolute atomic E-state index is 0.0966. The Morgan fingerprint density at radius 3 is 1.84 bits per heavy atom. The fourth-order valence-corrected chi connectivity index (χ4v) is 7.56. The van der Waals surface area contributed by atoms with Crippen LogP contribution in [0.15, 0.2) is 151 Å². The number of nitrogens with one attached hydrogen (secondary N) is 1. The van der Waals surface area contributed by atoms with Crippen molar-refractivity contribution in [3.63, 3.8) is 0 Å². The summed E-state index contributed by atoms with van der Waals surface area (Å²) in [6.45, 7) is 3.67. The van der Waals surface area contributed by atoms with E-state index in [1.54, 1.807) is 43.3 Å². The fraction of sp³-hybridized carbons (Fsp3) is 0.0476. The van der Waals surface area contributed by atoms with Crippen molar-refractivity contribution in [3.8, 4) is 11.5 Å². The Labute approximate surface area is 347 Å². The maximum absolute atomic E-state index is 13.3. The molecule has 7 aromatic rings. The van der Waals surface area contributed by atoms with Crippen molar-refractivity contribution in [3.05, 3.63) is 138 Å². The van der Waals surface area contributed by atoms with Gasteiger partial charge in [-0.05, 0) is 127 Å². The molecule has 0 unspecified atom stereocenters. The number of aryl methyl sites for hydroxylation is 2. The highest BCUT2D eigenvalue weighted by atomic mass is 32.2. The van der Waals surface area contributed by atoms with E-state index in [9.17, 15) is 46.1 Å². The molecule has 17 nitrogen and oxygen atoms in total. The maximum atomic E-state index is 13.3. The molecular formula is C42H33N7O10S2. The number of fused-ring (bicyclic) bond motifs is 2. The number of hydrogen-bond acceptors (Lipinski definition) is 13. The van der Waals surface area contributed by atoms with Crippen LogP contribution in [0.1, 0.15) is 27.0 Å². The first-order chi connectivity index (χ1) is 28.8. The standard InChI is InChI=1S/C42H33N7O10S2/c1-22-3-16-34(23(2)17-22)47-49-38-35(60(54,55)56)19-26-8-13-31(21-33(26)40(38)51)45-42(53)25-6-11-29(12-7-25)46-48-37-36(61(57,58)59)20-27-18-30(14-15-32(27)39(37)50)44-41(52)24-4-9-28(43)10-5-24/h3-21,50-51H,43H2,1-2H3,(H,44,52)(H,45,53)(H,54,55,56)(H,57,58,59). The zero-order valence-corrected chi connectivity index (χ0v) is 33.5. The number of aromatic hydroxyl groups is 2. The third kappa shape index (κ3) is 9.04. The lowest BCUT2D eigenvalue weighted by atomic mass is 10.1. The van der Waals surface area contributed by atoms with Crippen molar-refractivity contribution in [1.82, 2.24) is 0 Å². The van der Waals surface area contributed by atoms with E-state index in [0.717, 1.165) is 23.3 Å². The number of nitrogen functional groups attached to an aromatic ring is 1. The lowest BCUT2D eigenvalue weighted by molar-refractivity contribution is 0.102. The van der Waals surface area contributed by atoms with Crippen LogP contribution >= 0.6 is 0 Å². The molecule has 0 atom stereocenters. The van der Waals surface area contributed by atoms with Crippen molar-refractivity contribution in [1.29, 1.82) is 0 Å². The first-order valence-electron chi connectivity index (χ1n) is 17.9. The topological polar surface area (TPSA) is 286 Å². The van der Waals surface area contributed by atoms with E-state index < -0.39 is 58.8 Å². The van der Waals surface area contributed by atoms with E-state index in [1.807, 2.05) is 13.0 Å². The molecule has 1 amide bonds. The van der Waals surface area contributed by atoms with Crippen molar-refractivity contribution < 1.29 is 46.1 Å². The Morgan fingerprint density at radius 2 is 1.20 bits per heavy atom. The number of hydrogen-bond donors (Lipinski definition) is 7. The number of nitrogens with zero attached hydrogens (tertiary/aromatic N) is 5. The minimum atomic E-state index is -4.96. The fourth-order valence-electron chi connectivity index (χ4n) is 6.24. The molecule has 7 aromatic carbocycles. The number of anilines is 2. The minimum Gasteiger partial charge on any atom is -0.505 e. The molecule has 7 rings (SSSR count). The van der Waals surface area contributed by atoms with E-state index in [2.05, 4.69) is 30.8 Å². The van der Waals surface area contributed by atoms with Crippen molar-refractivity contribution in [2.24, 2.45) is 25.4 Å². The summed E-state index contributed by atoms with van der Waals surface area (Å²) in [7, 11) is -9.81. The first-order valence-corrected chi connectivity index (χ1v) is 20.7. The second kappa shape index (κ2) is 16.2. The molecular weight excluding hydrogens is 827 g/mol. The molecule has 0 fully saturated rings. The normalized spacial score (nSPS) is 12.5. The van der Waals surface area contributed by atoms with Crippen LogP contribution in [0.2, 0.25) is 0 Å². The molecule has 0 bridgehead atoms. The van der Waals surface area contributed by atoms with Gasteiger partial charge >= 0.3 is 0 Å². The van der Waals surface area contributed by atoms with Crippen LogP contribution in [0.5, 0.6) is 11.5 Å². The van der Waals surface area contributed by atoms with Gasteiger partial charge in [0.15, 0.2) is 11.5 Å². The van der Waals surface area contributed by atoms with Crippen molar-refractivity contribution in [2.45, 2.75) is 23.6 Å². The van der Waals surface area contributed by atoms with Gasteiger partial charge in [-0.2, -0.15) is 27.1 Å². The number of benzene rings is 7. The summed E-state index contributed by atoms with van der Waals surface area (Å²) in [5.41, 5.74) is 8.28. The lowest BCUT2D eigenvalue weighted by Crippen LogP contribution is -2.11. The van der Waals surface area contributed by atoms with Gasteiger partial charge in [-0.15, -0.1) is 10.2 Å². The first kappa shape index (κ1) is 41.6. The summed E-state index contributed by atoms with van der Waals surface area (Å²) in [5, 5.41) is 52.1. The Balaban J connectivity index is 1.13. The van der Waals surface area contributed by atoms with E-state index in [-0.39, 0.29) is 50.1 Å². The van der Waals surface area contributed by atoms with E-state index in [0.29, 0.717) is 16.9 Å². The monoisotopic (exact) mass is 859 g/mol. The van der Waals surface area contributed by atoms with Crippen LogP contribution in [0.25, 0.3) is 21.5 Å². The number of phenols is 2. The zero-order chi connectivity index (χ0) is 43.8. The average molecular weight is 860 g/mol. The summed E-state index contributed by atoms with van der Waals surface area (Å²) in [6, 6.07) is 27.9. The molecule has 19 heteroatoms. The second-order valence-corrected chi connectivity index (χ2v) is 16.5. The number of phenolic OH excluding ortho intramolecular Hbond substituents is 2. The molecule has 0 saturated heterocycles. The van der Waals surface area contributed by atoms with E-state index in [4.69, 9.17) is 5.73 Å². The molecule has 0 saturated carbocycles. The molecule has 0 radical (unpaired) electrons. The number of rotatable bonds is 10. The second-order valence-electron chi connectivity index (χ2n) is 13.7. The number of amides is 1. The van der Waals surface area contributed by atoms with E-state index >= 15 is 0 Å². The highest BCUT2D eigenvalue weighted by molar-refractivity contribution is 7.86. The molecule has 0 spiro atoms. The highest BCUT2D eigenvalue weighted by Gasteiger charge is 2.24. The number of azo groups is 2. The number of carbonyl (C=O) groups excluding carboxylic acids is 1. The van der Waals surface area contributed by atoms with Gasteiger partial charge in [-0.1, -0.05) is 23.8 Å². The van der Waals surface area contributed by atoms with Gasteiger partial charge < -0.3 is 26.4 Å². The molecule has 0 aliphatic heterocycles. The summed E-state index contributed by atoms with van der Waals surface area (Å²) in [4.78, 5) is 16.0. The summed E-state index contributed by atoms with van der Waals surface area (Å²) < 4.78 is 69.4. The largest absolute Gasteiger partial charge is 0.505 e. The Hall–Kier alpha value is -7.58. The molecule has 308 valence electrons. The highest BCUT2D eigenvalue weighted by Crippen LogP contribution is 2.44. The molecule has 61 heavy (non-hydrogen) atoms. The summed E-state index contributed by atoms with van der Waals surface area (Å²) in [5.74, 6) is -2.17. The predicted molar refractivity (Wildman–Crippen MR) is 229 cm³/mol. The summed E-state index contributed by atoms with van der Waals surface area (Å²) in [6.07, 6.45) is 0. The Kier molecular flexibility index (Phi) is 11.1. The van der Waals surface area contributed by atoms with Gasteiger partial charge in [0.25, 0.3) is 26.1 Å². The maximum Gasteiger partial charge on any atom is 0.296 e. The van der Waals surface area contributed by atoms with Gasteiger partial charge in [-0.3, -0.25) is 13.9 Å². The molecule has 0 aliphatic carbocycles. The number of aliphatic imine (C=N–C) groups is 1. The van der Waals surface area contributed by atoms with Crippen LogP contribution in [0.3, 0.4) is 0 Å². The van der Waals surface area contributed by atoms with Gasteiger partial charge in [0.2, 0.25) is 5.90 Å². The van der Waals surface area contributed by atoms with Gasteiger partial charge in [0, 0.05) is 33.3 Å².